The molecule has 2 aromatic carbocycles. The second-order valence-corrected chi connectivity index (χ2v) is 7.33. The molecule has 0 unspecified atom stereocenters. The largest absolute Gasteiger partial charge is 0.377 e. The highest BCUT2D eigenvalue weighted by atomic mass is 19.1. The van der Waals surface area contributed by atoms with Crippen LogP contribution in [-0.2, 0) is 11.3 Å². The molecule has 2 rings (SSSR count). The standard InChI is InChI=1S/C23H30FN3O2/c1-6-16(3)27(22(28)7-2)15-18-14-20(11-12-21(18)26(4)5)25-23(29)17-9-8-10-19(24)13-17/h8-14,16H,6-7,15H2,1-5H3,(H,25,29)/t16-/m1/s1. The van der Waals surface area contributed by atoms with Gasteiger partial charge in [0.15, 0.2) is 0 Å². The molecule has 29 heavy (non-hydrogen) atoms. The quantitative estimate of drug-likeness (QED) is 0.701. The van der Waals surface area contributed by atoms with E-state index in [2.05, 4.69) is 12.2 Å². The highest BCUT2D eigenvalue weighted by Gasteiger charge is 2.20. The maximum absolute atomic E-state index is 13.4. The molecule has 2 amide bonds. The van der Waals surface area contributed by atoms with Crippen molar-refractivity contribution >= 4 is 23.2 Å². The molecule has 0 spiro atoms. The van der Waals surface area contributed by atoms with E-state index in [0.717, 1.165) is 17.7 Å². The van der Waals surface area contributed by atoms with E-state index < -0.39 is 5.82 Å². The van der Waals surface area contributed by atoms with E-state index >= 15 is 0 Å². The second kappa shape index (κ2) is 10.0. The van der Waals surface area contributed by atoms with Crippen LogP contribution in [0.3, 0.4) is 0 Å². The third kappa shape index (κ3) is 5.79. The number of benzene rings is 2. The van der Waals surface area contributed by atoms with Gasteiger partial charge in [0.1, 0.15) is 5.82 Å². The van der Waals surface area contributed by atoms with Crippen molar-refractivity contribution in [2.24, 2.45) is 0 Å². The molecule has 0 aliphatic heterocycles. The van der Waals surface area contributed by atoms with Crippen LogP contribution in [0.25, 0.3) is 0 Å². The molecule has 156 valence electrons. The molecule has 2 aromatic rings. The van der Waals surface area contributed by atoms with Crippen LogP contribution in [0.15, 0.2) is 42.5 Å². The van der Waals surface area contributed by atoms with E-state index in [-0.39, 0.29) is 23.4 Å². The molecule has 0 aliphatic rings. The van der Waals surface area contributed by atoms with Crippen LogP contribution in [0.2, 0.25) is 0 Å². The van der Waals surface area contributed by atoms with Crippen LogP contribution in [0.4, 0.5) is 15.8 Å². The van der Waals surface area contributed by atoms with Crippen molar-refractivity contribution in [3.05, 3.63) is 59.4 Å². The molecule has 0 fully saturated rings. The average molecular weight is 400 g/mol. The first-order valence-electron chi connectivity index (χ1n) is 9.93. The Labute approximate surface area is 172 Å². The summed E-state index contributed by atoms with van der Waals surface area (Å²) in [6.07, 6.45) is 1.30. The lowest BCUT2D eigenvalue weighted by Crippen LogP contribution is -2.37. The maximum atomic E-state index is 13.4. The van der Waals surface area contributed by atoms with Crippen molar-refractivity contribution in [3.63, 3.8) is 0 Å². The third-order valence-corrected chi connectivity index (χ3v) is 4.99. The lowest BCUT2D eigenvalue weighted by Gasteiger charge is -2.30. The predicted molar refractivity (Wildman–Crippen MR) is 116 cm³/mol. The Morgan fingerprint density at radius 1 is 1.10 bits per heavy atom. The van der Waals surface area contributed by atoms with Crippen LogP contribution < -0.4 is 10.2 Å². The van der Waals surface area contributed by atoms with Crippen molar-refractivity contribution in [1.82, 2.24) is 4.90 Å². The lowest BCUT2D eigenvalue weighted by atomic mass is 10.1. The number of hydrogen-bond donors (Lipinski definition) is 1. The number of rotatable bonds is 8. The van der Waals surface area contributed by atoms with Crippen LogP contribution >= 0.6 is 0 Å². The Morgan fingerprint density at radius 3 is 2.41 bits per heavy atom. The molecular weight excluding hydrogens is 369 g/mol. The molecule has 0 saturated carbocycles. The fraction of sp³-hybridized carbons (Fsp3) is 0.391. The Kier molecular flexibility index (Phi) is 7.76. The highest BCUT2D eigenvalue weighted by molar-refractivity contribution is 6.04. The van der Waals surface area contributed by atoms with E-state index in [1.165, 1.54) is 18.2 Å². The topological polar surface area (TPSA) is 52.7 Å². The lowest BCUT2D eigenvalue weighted by molar-refractivity contribution is -0.133. The predicted octanol–water partition coefficient (Wildman–Crippen LogP) is 4.68. The second-order valence-electron chi connectivity index (χ2n) is 7.33. The molecule has 0 heterocycles. The minimum absolute atomic E-state index is 0.0956. The van der Waals surface area contributed by atoms with E-state index in [1.54, 1.807) is 6.07 Å². The first-order valence-corrected chi connectivity index (χ1v) is 9.93. The fourth-order valence-corrected chi connectivity index (χ4v) is 3.16. The molecule has 0 aromatic heterocycles. The molecular formula is C23H30FN3O2. The highest BCUT2D eigenvalue weighted by Crippen LogP contribution is 2.26. The molecule has 0 aliphatic carbocycles. The van der Waals surface area contributed by atoms with Crippen molar-refractivity contribution in [3.8, 4) is 0 Å². The summed E-state index contributed by atoms with van der Waals surface area (Å²) in [6, 6.07) is 11.3. The molecule has 1 N–H and O–H groups in total. The fourth-order valence-electron chi connectivity index (χ4n) is 3.16. The Hall–Kier alpha value is -2.89. The minimum atomic E-state index is -0.455. The van der Waals surface area contributed by atoms with E-state index in [9.17, 15) is 14.0 Å². The van der Waals surface area contributed by atoms with Gasteiger partial charge in [0.2, 0.25) is 5.91 Å². The number of amides is 2. The third-order valence-electron chi connectivity index (χ3n) is 4.99. The number of carbonyl (C=O) groups excluding carboxylic acids is 2. The van der Waals surface area contributed by atoms with Gasteiger partial charge < -0.3 is 15.1 Å². The van der Waals surface area contributed by atoms with Crippen LogP contribution in [-0.4, -0.2) is 36.9 Å². The Bertz CT molecular complexity index is 867. The number of hydrogen-bond acceptors (Lipinski definition) is 3. The molecule has 6 heteroatoms. The summed E-state index contributed by atoms with van der Waals surface area (Å²) in [4.78, 5) is 28.8. The summed E-state index contributed by atoms with van der Waals surface area (Å²) in [5.74, 6) is -0.738. The summed E-state index contributed by atoms with van der Waals surface area (Å²) in [7, 11) is 3.89. The average Bonchev–Trinajstić information content (AvgIpc) is 2.70. The number of nitrogens with zero attached hydrogens (tertiary/aromatic N) is 2. The van der Waals surface area contributed by atoms with Gasteiger partial charge in [-0.3, -0.25) is 9.59 Å². The van der Waals surface area contributed by atoms with Gasteiger partial charge in [-0.1, -0.05) is 19.9 Å². The number of anilines is 2. The van der Waals surface area contributed by atoms with Gasteiger partial charge in [-0.05, 0) is 55.3 Å². The zero-order valence-electron chi connectivity index (χ0n) is 17.8. The van der Waals surface area contributed by atoms with Crippen LogP contribution in [0.5, 0.6) is 0 Å². The zero-order chi connectivity index (χ0) is 21.6. The molecule has 0 saturated heterocycles. The first-order chi connectivity index (χ1) is 13.8. The van der Waals surface area contributed by atoms with Gasteiger partial charge in [0.25, 0.3) is 5.91 Å². The van der Waals surface area contributed by atoms with E-state index in [1.807, 2.05) is 55.9 Å². The first kappa shape index (κ1) is 22.4. The van der Waals surface area contributed by atoms with Crippen molar-refractivity contribution < 1.29 is 14.0 Å². The molecule has 0 radical (unpaired) electrons. The van der Waals surface area contributed by atoms with Crippen molar-refractivity contribution in [2.75, 3.05) is 24.3 Å². The number of halogens is 1. The summed E-state index contributed by atoms with van der Waals surface area (Å²) in [5.41, 5.74) is 2.78. The van der Waals surface area contributed by atoms with Crippen molar-refractivity contribution in [2.45, 2.75) is 46.2 Å². The molecule has 5 nitrogen and oxygen atoms in total. The summed E-state index contributed by atoms with van der Waals surface area (Å²) < 4.78 is 13.4. The molecule has 0 bridgehead atoms. The van der Waals surface area contributed by atoms with E-state index in [4.69, 9.17) is 0 Å². The monoisotopic (exact) mass is 399 g/mol. The van der Waals surface area contributed by atoms with Gasteiger partial charge in [-0.15, -0.1) is 0 Å². The Morgan fingerprint density at radius 2 is 1.83 bits per heavy atom. The van der Waals surface area contributed by atoms with Gasteiger partial charge in [-0.2, -0.15) is 0 Å². The minimum Gasteiger partial charge on any atom is -0.377 e. The van der Waals surface area contributed by atoms with Gasteiger partial charge in [0.05, 0.1) is 0 Å². The number of nitrogens with one attached hydrogen (secondary N) is 1. The maximum Gasteiger partial charge on any atom is 0.255 e. The van der Waals surface area contributed by atoms with Gasteiger partial charge in [-0.25, -0.2) is 4.39 Å². The molecule has 1 atom stereocenters. The zero-order valence-corrected chi connectivity index (χ0v) is 17.8. The normalized spacial score (nSPS) is 11.7. The summed E-state index contributed by atoms with van der Waals surface area (Å²) in [6.45, 7) is 6.42. The van der Waals surface area contributed by atoms with Crippen LogP contribution in [0, 0.1) is 5.82 Å². The summed E-state index contributed by atoms with van der Waals surface area (Å²) in [5, 5.41) is 2.82. The number of carbonyl (C=O) groups is 2. The Balaban J connectivity index is 2.33. The summed E-state index contributed by atoms with van der Waals surface area (Å²) >= 11 is 0. The smallest absolute Gasteiger partial charge is 0.255 e. The SMILES string of the molecule is CCC(=O)N(Cc1cc(NC(=O)c2cccc(F)c2)ccc1N(C)C)[C@H](C)CC. The van der Waals surface area contributed by atoms with Gasteiger partial charge in [0, 0.05) is 50.0 Å². The van der Waals surface area contributed by atoms with Gasteiger partial charge >= 0.3 is 0 Å². The van der Waals surface area contributed by atoms with Crippen molar-refractivity contribution in [1.29, 1.82) is 0 Å². The van der Waals surface area contributed by atoms with Crippen LogP contribution in [0.1, 0.15) is 49.5 Å². The van der Waals surface area contributed by atoms with E-state index in [0.29, 0.717) is 18.7 Å².